The highest BCUT2D eigenvalue weighted by Crippen LogP contribution is 2.28. The van der Waals surface area contributed by atoms with Gasteiger partial charge in [-0.2, -0.15) is 0 Å². The molecule has 5 aromatic rings. The third-order valence-corrected chi connectivity index (χ3v) is 5.87. The van der Waals surface area contributed by atoms with Crippen LogP contribution in [0.5, 0.6) is 0 Å². The molecule has 0 saturated carbocycles. The Balaban J connectivity index is 1.41. The van der Waals surface area contributed by atoms with Crippen LogP contribution in [0.4, 0.5) is 11.4 Å². The smallest absolute Gasteiger partial charge is 0.261 e. The molecule has 0 fully saturated rings. The Hall–Kier alpha value is -4.69. The number of aromatic nitrogens is 3. The van der Waals surface area contributed by atoms with Gasteiger partial charge >= 0.3 is 0 Å². The van der Waals surface area contributed by atoms with E-state index < -0.39 is 6.10 Å². The molecule has 5 N–H and O–H groups in total. The standard InChI is InChI=1S/C28H25N5O3/c34-23(19-10-5-2-6-11-19)17-30-20-14-15-29-28(36)25(20)27-32-22-13-7-12-21(26(22)33-27)31-24(35)16-18-8-3-1-4-9-18/h1-15,23,34H,16-17H2,(H,31,35)(H,32,33)(H2,29,30,36)/t23-/m1/s1. The Labute approximate surface area is 207 Å². The number of amides is 1. The number of H-pyrrole nitrogens is 2. The minimum absolute atomic E-state index is 0.153. The van der Waals surface area contributed by atoms with Crippen LogP contribution < -0.4 is 16.2 Å². The van der Waals surface area contributed by atoms with Gasteiger partial charge in [-0.05, 0) is 29.3 Å². The van der Waals surface area contributed by atoms with E-state index >= 15 is 0 Å². The Kier molecular flexibility index (Phi) is 6.59. The summed E-state index contributed by atoms with van der Waals surface area (Å²) in [5.74, 6) is 0.202. The van der Waals surface area contributed by atoms with Gasteiger partial charge in [0.2, 0.25) is 5.91 Å². The number of rotatable bonds is 8. The highest BCUT2D eigenvalue weighted by Gasteiger charge is 2.17. The van der Waals surface area contributed by atoms with Gasteiger partial charge in [0.25, 0.3) is 5.56 Å². The number of para-hydroxylation sites is 1. The molecule has 0 radical (unpaired) electrons. The number of imidazole rings is 1. The van der Waals surface area contributed by atoms with E-state index in [0.717, 1.165) is 11.1 Å². The molecule has 2 aromatic heterocycles. The topological polar surface area (TPSA) is 123 Å². The summed E-state index contributed by atoms with van der Waals surface area (Å²) in [4.78, 5) is 36.0. The van der Waals surface area contributed by atoms with Crippen LogP contribution in [0.2, 0.25) is 0 Å². The molecule has 0 unspecified atom stereocenters. The minimum Gasteiger partial charge on any atom is -0.387 e. The number of aliphatic hydroxyl groups is 1. The molecule has 5 rings (SSSR count). The van der Waals surface area contributed by atoms with Gasteiger partial charge in [-0.15, -0.1) is 0 Å². The van der Waals surface area contributed by atoms with Gasteiger partial charge in [0.1, 0.15) is 11.4 Å². The second-order valence-electron chi connectivity index (χ2n) is 8.40. The first-order valence-corrected chi connectivity index (χ1v) is 11.6. The number of carbonyl (C=O) groups is 1. The second kappa shape index (κ2) is 10.3. The molecule has 8 nitrogen and oxygen atoms in total. The fraction of sp³-hybridized carbons (Fsp3) is 0.107. The predicted molar refractivity (Wildman–Crippen MR) is 141 cm³/mol. The third-order valence-electron chi connectivity index (χ3n) is 5.87. The average Bonchev–Trinajstić information content (AvgIpc) is 3.33. The number of benzene rings is 3. The molecule has 0 spiro atoms. The molecular formula is C28H25N5O3. The summed E-state index contributed by atoms with van der Waals surface area (Å²) in [5.41, 5.74) is 4.01. The Morgan fingerprint density at radius 1 is 0.917 bits per heavy atom. The van der Waals surface area contributed by atoms with E-state index in [2.05, 4.69) is 25.6 Å². The lowest BCUT2D eigenvalue weighted by atomic mass is 10.1. The van der Waals surface area contributed by atoms with Crippen molar-refractivity contribution in [3.63, 3.8) is 0 Å². The zero-order valence-corrected chi connectivity index (χ0v) is 19.4. The highest BCUT2D eigenvalue weighted by atomic mass is 16.3. The van der Waals surface area contributed by atoms with Crippen molar-refractivity contribution >= 4 is 28.3 Å². The number of fused-ring (bicyclic) bond motifs is 1. The summed E-state index contributed by atoms with van der Waals surface area (Å²) >= 11 is 0. The van der Waals surface area contributed by atoms with Crippen LogP contribution in [0.1, 0.15) is 17.2 Å². The Morgan fingerprint density at radius 3 is 2.44 bits per heavy atom. The monoisotopic (exact) mass is 479 g/mol. The molecule has 8 heteroatoms. The summed E-state index contributed by atoms with van der Waals surface area (Å²) in [7, 11) is 0. The molecule has 0 aliphatic rings. The predicted octanol–water partition coefficient (Wildman–Crippen LogP) is 4.24. The first-order valence-electron chi connectivity index (χ1n) is 11.6. The summed E-state index contributed by atoms with van der Waals surface area (Å²) < 4.78 is 0. The van der Waals surface area contributed by atoms with Crippen LogP contribution >= 0.6 is 0 Å². The van der Waals surface area contributed by atoms with Crippen molar-refractivity contribution in [1.82, 2.24) is 15.0 Å². The minimum atomic E-state index is -0.750. The zero-order chi connectivity index (χ0) is 24.9. The van der Waals surface area contributed by atoms with E-state index in [9.17, 15) is 14.7 Å². The number of carbonyl (C=O) groups excluding carboxylic acids is 1. The number of anilines is 2. The van der Waals surface area contributed by atoms with Crippen LogP contribution in [0.15, 0.2) is 95.9 Å². The average molecular weight is 480 g/mol. The van der Waals surface area contributed by atoms with Gasteiger partial charge in [-0.3, -0.25) is 9.59 Å². The first kappa shape index (κ1) is 23.1. The lowest BCUT2D eigenvalue weighted by Gasteiger charge is -2.14. The van der Waals surface area contributed by atoms with E-state index in [1.807, 2.05) is 66.7 Å². The Morgan fingerprint density at radius 2 is 1.67 bits per heavy atom. The summed E-state index contributed by atoms with van der Waals surface area (Å²) in [6.07, 6.45) is 1.04. The molecule has 36 heavy (non-hydrogen) atoms. The third kappa shape index (κ3) is 5.03. The van der Waals surface area contributed by atoms with E-state index in [4.69, 9.17) is 0 Å². The maximum Gasteiger partial charge on any atom is 0.261 e. The van der Waals surface area contributed by atoms with E-state index in [1.54, 1.807) is 24.4 Å². The normalized spacial score (nSPS) is 11.8. The second-order valence-corrected chi connectivity index (χ2v) is 8.40. The zero-order valence-electron chi connectivity index (χ0n) is 19.4. The number of nitrogens with one attached hydrogen (secondary N) is 4. The number of pyridine rings is 1. The molecule has 1 amide bonds. The van der Waals surface area contributed by atoms with E-state index in [-0.39, 0.29) is 24.4 Å². The van der Waals surface area contributed by atoms with Crippen molar-refractivity contribution in [3.8, 4) is 11.4 Å². The number of hydrogen-bond acceptors (Lipinski definition) is 5. The molecule has 2 heterocycles. The van der Waals surface area contributed by atoms with Gasteiger partial charge in [0, 0.05) is 12.7 Å². The van der Waals surface area contributed by atoms with Crippen LogP contribution in [-0.2, 0) is 11.2 Å². The lowest BCUT2D eigenvalue weighted by molar-refractivity contribution is -0.115. The fourth-order valence-electron chi connectivity index (χ4n) is 4.09. The number of nitrogens with zero attached hydrogens (tertiary/aromatic N) is 1. The molecular weight excluding hydrogens is 454 g/mol. The van der Waals surface area contributed by atoms with Crippen LogP contribution in [-0.4, -0.2) is 32.5 Å². The van der Waals surface area contributed by atoms with Crippen molar-refractivity contribution in [2.24, 2.45) is 0 Å². The first-order chi connectivity index (χ1) is 17.6. The molecule has 1 atom stereocenters. The van der Waals surface area contributed by atoms with Crippen LogP contribution in [0, 0.1) is 0 Å². The quantitative estimate of drug-likeness (QED) is 0.228. The summed E-state index contributed by atoms with van der Waals surface area (Å²) in [6.45, 7) is 0.210. The Bertz CT molecular complexity index is 1540. The summed E-state index contributed by atoms with van der Waals surface area (Å²) in [6, 6.07) is 25.9. The lowest BCUT2D eigenvalue weighted by Crippen LogP contribution is -2.17. The van der Waals surface area contributed by atoms with Gasteiger partial charge in [0.05, 0.1) is 34.9 Å². The molecule has 0 aliphatic carbocycles. The van der Waals surface area contributed by atoms with Crippen LogP contribution in [0.25, 0.3) is 22.4 Å². The number of aromatic amines is 2. The number of aliphatic hydroxyl groups excluding tert-OH is 1. The molecule has 0 bridgehead atoms. The van der Waals surface area contributed by atoms with Crippen molar-refractivity contribution in [2.75, 3.05) is 17.2 Å². The van der Waals surface area contributed by atoms with Crippen LogP contribution in [0.3, 0.4) is 0 Å². The molecule has 3 aromatic carbocycles. The van der Waals surface area contributed by atoms with Gasteiger partial charge < -0.3 is 25.7 Å². The van der Waals surface area contributed by atoms with Gasteiger partial charge in [0.15, 0.2) is 0 Å². The fourth-order valence-corrected chi connectivity index (χ4v) is 4.09. The molecule has 0 saturated heterocycles. The van der Waals surface area contributed by atoms with Gasteiger partial charge in [-0.25, -0.2) is 4.98 Å². The van der Waals surface area contributed by atoms with E-state index in [1.165, 1.54) is 0 Å². The highest BCUT2D eigenvalue weighted by molar-refractivity contribution is 6.01. The van der Waals surface area contributed by atoms with Gasteiger partial charge in [-0.1, -0.05) is 66.7 Å². The van der Waals surface area contributed by atoms with Crippen molar-refractivity contribution in [1.29, 1.82) is 0 Å². The largest absolute Gasteiger partial charge is 0.387 e. The molecule has 0 aliphatic heterocycles. The summed E-state index contributed by atoms with van der Waals surface area (Å²) in [5, 5.41) is 16.7. The molecule has 180 valence electrons. The maximum atomic E-state index is 12.8. The van der Waals surface area contributed by atoms with Crippen molar-refractivity contribution < 1.29 is 9.90 Å². The SMILES string of the molecule is O=C(Cc1ccccc1)Nc1cccc2nc(-c3c(NC[C@@H](O)c4ccccc4)cc[nH]c3=O)[nH]c12. The number of hydrogen-bond donors (Lipinski definition) is 5. The van der Waals surface area contributed by atoms with E-state index in [0.29, 0.717) is 33.8 Å². The maximum absolute atomic E-state index is 12.8. The van der Waals surface area contributed by atoms with Crippen molar-refractivity contribution in [3.05, 3.63) is 113 Å². The van der Waals surface area contributed by atoms with Crippen molar-refractivity contribution in [2.45, 2.75) is 12.5 Å².